The molecule has 7 nitrogen and oxygen atoms in total. The number of benzene rings is 1. The van der Waals surface area contributed by atoms with E-state index in [1.807, 2.05) is 0 Å². The fraction of sp³-hybridized carbons (Fsp3) is 0.154. The van der Waals surface area contributed by atoms with Crippen LogP contribution in [0.4, 0.5) is 0 Å². The van der Waals surface area contributed by atoms with Crippen LogP contribution in [0.15, 0.2) is 35.2 Å². The molecular formula is C13H12N2O5. The lowest BCUT2D eigenvalue weighted by atomic mass is 10.1. The summed E-state index contributed by atoms with van der Waals surface area (Å²) in [6, 6.07) is 5.06. The van der Waals surface area contributed by atoms with Crippen molar-refractivity contribution in [2.24, 2.45) is 0 Å². The summed E-state index contributed by atoms with van der Waals surface area (Å²) in [5.41, 5.74) is 0.608. The van der Waals surface area contributed by atoms with Crippen molar-refractivity contribution in [1.82, 2.24) is 10.1 Å². The molecule has 0 saturated carbocycles. The summed E-state index contributed by atoms with van der Waals surface area (Å²) >= 11 is 0. The summed E-state index contributed by atoms with van der Waals surface area (Å²) < 4.78 is 15.2. The number of ether oxygens (including phenoxy) is 2. The Labute approximate surface area is 114 Å². The van der Waals surface area contributed by atoms with Gasteiger partial charge in [0.15, 0.2) is 6.61 Å². The van der Waals surface area contributed by atoms with Crippen molar-refractivity contribution in [1.29, 1.82) is 0 Å². The first-order valence-corrected chi connectivity index (χ1v) is 5.66. The van der Waals surface area contributed by atoms with Crippen molar-refractivity contribution in [3.05, 3.63) is 42.1 Å². The number of aliphatic carboxylic acids is 1. The van der Waals surface area contributed by atoms with Gasteiger partial charge in [-0.1, -0.05) is 5.16 Å². The van der Waals surface area contributed by atoms with Gasteiger partial charge >= 0.3 is 5.97 Å². The van der Waals surface area contributed by atoms with Gasteiger partial charge in [-0.15, -0.1) is 0 Å². The first-order valence-electron chi connectivity index (χ1n) is 5.66. The lowest BCUT2D eigenvalue weighted by molar-refractivity contribution is -0.131. The highest BCUT2D eigenvalue weighted by Crippen LogP contribution is 2.26. The van der Waals surface area contributed by atoms with Gasteiger partial charge in [0.1, 0.15) is 11.5 Å². The Kier molecular flexibility index (Phi) is 4.33. The predicted molar refractivity (Wildman–Crippen MR) is 68.3 cm³/mol. The molecule has 1 heterocycles. The average molecular weight is 276 g/mol. The Hall–Kier alpha value is -2.83. The second kappa shape index (κ2) is 6.37. The fourth-order valence-corrected chi connectivity index (χ4v) is 1.46. The van der Waals surface area contributed by atoms with Crippen LogP contribution < -0.4 is 9.47 Å². The van der Waals surface area contributed by atoms with Crippen molar-refractivity contribution in [3.63, 3.8) is 0 Å². The Morgan fingerprint density at radius 1 is 1.50 bits per heavy atom. The van der Waals surface area contributed by atoms with E-state index in [1.165, 1.54) is 19.6 Å². The van der Waals surface area contributed by atoms with E-state index >= 15 is 0 Å². The Balaban J connectivity index is 2.20. The summed E-state index contributed by atoms with van der Waals surface area (Å²) in [5, 5.41) is 12.3. The van der Waals surface area contributed by atoms with Crippen LogP contribution in [0.2, 0.25) is 0 Å². The molecule has 0 atom stereocenters. The second-order valence-electron chi connectivity index (χ2n) is 3.71. The van der Waals surface area contributed by atoms with E-state index in [-0.39, 0.29) is 6.61 Å². The zero-order chi connectivity index (χ0) is 14.4. The van der Waals surface area contributed by atoms with E-state index in [0.29, 0.717) is 22.9 Å². The van der Waals surface area contributed by atoms with E-state index in [0.717, 1.165) is 6.08 Å². The average Bonchev–Trinajstić information content (AvgIpc) is 2.96. The van der Waals surface area contributed by atoms with Gasteiger partial charge in [-0.2, -0.15) is 4.98 Å². The molecule has 0 unspecified atom stereocenters. The maximum Gasteiger partial charge on any atom is 0.328 e. The largest absolute Gasteiger partial charge is 0.497 e. The van der Waals surface area contributed by atoms with Gasteiger partial charge in [0.05, 0.1) is 7.11 Å². The third-order valence-electron chi connectivity index (χ3n) is 2.39. The van der Waals surface area contributed by atoms with Crippen LogP contribution >= 0.6 is 0 Å². The molecule has 0 aliphatic heterocycles. The number of hydrogen-bond donors (Lipinski definition) is 1. The monoisotopic (exact) mass is 276 g/mol. The van der Waals surface area contributed by atoms with Crippen LogP contribution in [0.25, 0.3) is 6.08 Å². The summed E-state index contributed by atoms with van der Waals surface area (Å²) in [6.07, 6.45) is 3.67. The van der Waals surface area contributed by atoms with Crippen LogP contribution in [0.5, 0.6) is 11.5 Å². The van der Waals surface area contributed by atoms with E-state index in [9.17, 15) is 4.79 Å². The van der Waals surface area contributed by atoms with Crippen LogP contribution in [0.1, 0.15) is 11.4 Å². The predicted octanol–water partition coefficient (Wildman–Crippen LogP) is 1.75. The number of carboxylic acids is 1. The molecule has 2 rings (SSSR count). The van der Waals surface area contributed by atoms with Crippen LogP contribution in [0.3, 0.4) is 0 Å². The van der Waals surface area contributed by atoms with Gasteiger partial charge in [0, 0.05) is 17.7 Å². The van der Waals surface area contributed by atoms with Crippen molar-refractivity contribution >= 4 is 12.0 Å². The Morgan fingerprint density at radius 2 is 2.35 bits per heavy atom. The highest BCUT2D eigenvalue weighted by molar-refractivity contribution is 5.86. The molecule has 0 amide bonds. The van der Waals surface area contributed by atoms with E-state index < -0.39 is 5.97 Å². The molecule has 1 N–H and O–H groups in total. The van der Waals surface area contributed by atoms with E-state index in [4.69, 9.17) is 14.6 Å². The smallest absolute Gasteiger partial charge is 0.328 e. The first-order chi connectivity index (χ1) is 9.69. The molecular weight excluding hydrogens is 264 g/mol. The van der Waals surface area contributed by atoms with Gasteiger partial charge in [-0.3, -0.25) is 0 Å². The number of aromatic nitrogens is 2. The highest BCUT2D eigenvalue weighted by Gasteiger charge is 2.06. The number of nitrogens with zero attached hydrogens (tertiary/aromatic N) is 2. The molecule has 1 aromatic carbocycles. The maximum absolute atomic E-state index is 10.6. The molecule has 20 heavy (non-hydrogen) atoms. The van der Waals surface area contributed by atoms with Gasteiger partial charge < -0.3 is 19.1 Å². The quantitative estimate of drug-likeness (QED) is 0.803. The van der Waals surface area contributed by atoms with Crippen molar-refractivity contribution < 1.29 is 23.9 Å². The standard InChI is InChI=1S/C13H12N2O5/c1-18-10-4-2-9(3-5-13(16)17)11(6-10)19-7-12-14-8-20-15-12/h2-6,8H,7H2,1H3,(H,16,17). The SMILES string of the molecule is COc1ccc(C=CC(=O)O)c(OCc2ncon2)c1. The maximum atomic E-state index is 10.6. The third kappa shape index (κ3) is 3.58. The van der Waals surface area contributed by atoms with Gasteiger partial charge in [0.2, 0.25) is 12.2 Å². The number of carbonyl (C=O) groups is 1. The van der Waals surface area contributed by atoms with Crippen LogP contribution in [-0.2, 0) is 11.4 Å². The summed E-state index contributed by atoms with van der Waals surface area (Å²) in [6.45, 7) is 0.109. The lowest BCUT2D eigenvalue weighted by Crippen LogP contribution is -1.99. The normalized spacial score (nSPS) is 10.7. The van der Waals surface area contributed by atoms with Gasteiger partial charge in [-0.05, 0) is 18.2 Å². The number of carboxylic acid groups (broad SMARTS) is 1. The fourth-order valence-electron chi connectivity index (χ4n) is 1.46. The molecule has 0 aliphatic carbocycles. The molecule has 0 bridgehead atoms. The minimum atomic E-state index is -1.04. The number of rotatable bonds is 6. The van der Waals surface area contributed by atoms with Crippen LogP contribution in [0, 0.1) is 0 Å². The zero-order valence-electron chi connectivity index (χ0n) is 10.6. The van der Waals surface area contributed by atoms with Crippen molar-refractivity contribution in [2.75, 3.05) is 7.11 Å². The molecule has 2 aromatic rings. The molecule has 104 valence electrons. The molecule has 7 heteroatoms. The summed E-state index contributed by atoms with van der Waals surface area (Å²) in [5.74, 6) is 0.415. The van der Waals surface area contributed by atoms with Gasteiger partial charge in [0.25, 0.3) is 0 Å². The molecule has 1 aromatic heterocycles. The van der Waals surface area contributed by atoms with Gasteiger partial charge in [-0.25, -0.2) is 4.79 Å². The topological polar surface area (TPSA) is 94.7 Å². The lowest BCUT2D eigenvalue weighted by Gasteiger charge is -2.09. The molecule has 0 radical (unpaired) electrons. The first kappa shape index (κ1) is 13.6. The molecule has 0 aliphatic rings. The summed E-state index contributed by atoms with van der Waals surface area (Å²) in [4.78, 5) is 14.4. The number of hydrogen-bond acceptors (Lipinski definition) is 6. The van der Waals surface area contributed by atoms with Crippen molar-refractivity contribution in [3.8, 4) is 11.5 Å². The number of methoxy groups -OCH3 is 1. The van der Waals surface area contributed by atoms with E-state index in [2.05, 4.69) is 14.7 Å². The molecule has 0 saturated heterocycles. The van der Waals surface area contributed by atoms with Crippen LogP contribution in [-0.4, -0.2) is 28.3 Å². The highest BCUT2D eigenvalue weighted by atomic mass is 16.5. The summed E-state index contributed by atoms with van der Waals surface area (Å²) in [7, 11) is 1.53. The molecule has 0 spiro atoms. The third-order valence-corrected chi connectivity index (χ3v) is 2.39. The van der Waals surface area contributed by atoms with Crippen molar-refractivity contribution in [2.45, 2.75) is 6.61 Å². The molecule has 0 fully saturated rings. The minimum Gasteiger partial charge on any atom is -0.497 e. The zero-order valence-corrected chi connectivity index (χ0v) is 10.6. The second-order valence-corrected chi connectivity index (χ2v) is 3.71. The van der Waals surface area contributed by atoms with E-state index in [1.54, 1.807) is 18.2 Å². The Morgan fingerprint density at radius 3 is 3.00 bits per heavy atom. The minimum absolute atomic E-state index is 0.109. The Bertz CT molecular complexity index is 607.